The van der Waals surface area contributed by atoms with Crippen LogP contribution in [-0.2, 0) is 6.54 Å². The zero-order valence-corrected chi connectivity index (χ0v) is 17.2. The number of thioether (sulfide) groups is 1. The van der Waals surface area contributed by atoms with Gasteiger partial charge in [-0.15, -0.1) is 16.8 Å². The molecule has 0 bridgehead atoms. The molecule has 0 saturated heterocycles. The fraction of sp³-hybridized carbons (Fsp3) is 0.227. The maximum Gasteiger partial charge on any atom is 0.261 e. The van der Waals surface area contributed by atoms with Crippen LogP contribution in [0.15, 0.2) is 66.6 Å². The van der Waals surface area contributed by atoms with Gasteiger partial charge in [0.05, 0.1) is 11.1 Å². The van der Waals surface area contributed by atoms with Crippen LogP contribution in [0.2, 0.25) is 0 Å². The zero-order valence-electron chi connectivity index (χ0n) is 16.4. The van der Waals surface area contributed by atoms with Crippen molar-refractivity contribution in [1.29, 1.82) is 0 Å². The van der Waals surface area contributed by atoms with E-state index in [4.69, 9.17) is 0 Å². The monoisotopic (exact) mass is 419 g/mol. The van der Waals surface area contributed by atoms with Crippen molar-refractivity contribution in [2.24, 2.45) is 0 Å². The minimum absolute atomic E-state index is 0.198. The van der Waals surface area contributed by atoms with Gasteiger partial charge in [0, 0.05) is 36.8 Å². The number of hydrogen-bond donors (Lipinski definition) is 0. The molecular formula is C22H21N5O2S. The standard InChI is InChI=1S/C22H21N5O2S/c1-2-13-26-19(16-9-11-23-12-10-16)24-25-22(26)30-15-6-5-14-27-20(28)17-7-3-4-8-18(17)21(27)29/h2-4,7-12H,1,5-6,13-15H2. The third-order valence-electron chi connectivity index (χ3n) is 4.85. The van der Waals surface area contributed by atoms with Crippen LogP contribution in [0.5, 0.6) is 0 Å². The van der Waals surface area contributed by atoms with Gasteiger partial charge >= 0.3 is 0 Å². The van der Waals surface area contributed by atoms with E-state index in [1.807, 2.05) is 22.8 Å². The first-order valence-corrected chi connectivity index (χ1v) is 10.7. The van der Waals surface area contributed by atoms with Crippen molar-refractivity contribution in [1.82, 2.24) is 24.6 Å². The molecule has 1 aliphatic rings. The lowest BCUT2D eigenvalue weighted by Crippen LogP contribution is -2.30. The molecule has 2 amide bonds. The third-order valence-corrected chi connectivity index (χ3v) is 5.91. The molecule has 7 nitrogen and oxygen atoms in total. The molecule has 0 fully saturated rings. The lowest BCUT2D eigenvalue weighted by atomic mass is 10.1. The highest BCUT2D eigenvalue weighted by atomic mass is 32.2. The van der Waals surface area contributed by atoms with Gasteiger partial charge in [-0.3, -0.25) is 24.0 Å². The summed E-state index contributed by atoms with van der Waals surface area (Å²) < 4.78 is 2.02. The second-order valence-electron chi connectivity index (χ2n) is 6.80. The Balaban J connectivity index is 1.32. The molecule has 4 rings (SSSR count). The molecule has 1 aliphatic heterocycles. The Morgan fingerprint density at radius 2 is 1.67 bits per heavy atom. The number of benzene rings is 1. The number of fused-ring (bicyclic) bond motifs is 1. The summed E-state index contributed by atoms with van der Waals surface area (Å²) in [5.41, 5.74) is 1.95. The Kier molecular flexibility index (Phi) is 6.04. The second-order valence-corrected chi connectivity index (χ2v) is 7.87. The van der Waals surface area contributed by atoms with Crippen molar-refractivity contribution in [2.75, 3.05) is 12.3 Å². The fourth-order valence-corrected chi connectivity index (χ4v) is 4.33. The van der Waals surface area contributed by atoms with Crippen molar-refractivity contribution in [3.63, 3.8) is 0 Å². The molecular weight excluding hydrogens is 398 g/mol. The number of nitrogens with zero attached hydrogens (tertiary/aromatic N) is 5. The minimum atomic E-state index is -0.198. The smallest absolute Gasteiger partial charge is 0.261 e. The summed E-state index contributed by atoms with van der Waals surface area (Å²) in [5.74, 6) is 1.20. The number of pyridine rings is 1. The Morgan fingerprint density at radius 1 is 0.967 bits per heavy atom. The van der Waals surface area contributed by atoms with E-state index >= 15 is 0 Å². The molecule has 152 valence electrons. The molecule has 0 N–H and O–H groups in total. The highest BCUT2D eigenvalue weighted by molar-refractivity contribution is 7.99. The topological polar surface area (TPSA) is 81.0 Å². The summed E-state index contributed by atoms with van der Waals surface area (Å²) in [6, 6.07) is 10.8. The largest absolute Gasteiger partial charge is 0.298 e. The Hall–Kier alpha value is -3.26. The number of carbonyl (C=O) groups is 2. The summed E-state index contributed by atoms with van der Waals surface area (Å²) in [6.45, 7) is 4.87. The zero-order chi connectivity index (χ0) is 20.9. The van der Waals surface area contributed by atoms with E-state index in [-0.39, 0.29) is 11.8 Å². The van der Waals surface area contributed by atoms with E-state index in [9.17, 15) is 9.59 Å². The highest BCUT2D eigenvalue weighted by Crippen LogP contribution is 2.25. The van der Waals surface area contributed by atoms with Gasteiger partial charge in [-0.2, -0.15) is 0 Å². The van der Waals surface area contributed by atoms with Crippen molar-refractivity contribution < 1.29 is 9.59 Å². The van der Waals surface area contributed by atoms with Gasteiger partial charge in [0.2, 0.25) is 0 Å². The average Bonchev–Trinajstić information content (AvgIpc) is 3.28. The molecule has 0 aliphatic carbocycles. The Bertz CT molecular complexity index is 1050. The van der Waals surface area contributed by atoms with E-state index in [1.54, 1.807) is 48.4 Å². The van der Waals surface area contributed by atoms with Crippen LogP contribution in [0.3, 0.4) is 0 Å². The third kappa shape index (κ3) is 3.91. The fourth-order valence-electron chi connectivity index (χ4n) is 3.38. The summed E-state index contributed by atoms with van der Waals surface area (Å²) in [6.07, 6.45) is 6.87. The molecule has 0 saturated carbocycles. The maximum atomic E-state index is 12.4. The maximum absolute atomic E-state index is 12.4. The molecule has 30 heavy (non-hydrogen) atoms. The van der Waals surface area contributed by atoms with E-state index < -0.39 is 0 Å². The molecule has 0 radical (unpaired) electrons. The van der Waals surface area contributed by atoms with Crippen LogP contribution in [0.25, 0.3) is 11.4 Å². The number of unbranched alkanes of at least 4 members (excludes halogenated alkanes) is 1. The summed E-state index contributed by atoms with van der Waals surface area (Å²) in [5, 5.41) is 9.48. The van der Waals surface area contributed by atoms with E-state index in [0.29, 0.717) is 24.2 Å². The van der Waals surface area contributed by atoms with Gasteiger partial charge in [0.25, 0.3) is 11.8 Å². The Morgan fingerprint density at radius 3 is 2.33 bits per heavy atom. The number of imide groups is 1. The minimum Gasteiger partial charge on any atom is -0.298 e. The van der Waals surface area contributed by atoms with Crippen LogP contribution in [-0.4, -0.2) is 48.8 Å². The Labute approximate surface area is 178 Å². The van der Waals surface area contributed by atoms with Crippen LogP contribution in [0.1, 0.15) is 33.6 Å². The van der Waals surface area contributed by atoms with Crippen LogP contribution >= 0.6 is 11.8 Å². The molecule has 1 aromatic carbocycles. The molecule has 2 aromatic heterocycles. The SMILES string of the molecule is C=CCn1c(SCCCCN2C(=O)c3ccccc3C2=O)nnc1-c1ccncc1. The lowest BCUT2D eigenvalue weighted by Gasteiger charge is -2.13. The number of allylic oxidation sites excluding steroid dienone is 1. The normalized spacial score (nSPS) is 13.0. The second kappa shape index (κ2) is 9.04. The van der Waals surface area contributed by atoms with Crippen molar-refractivity contribution in [3.05, 3.63) is 72.6 Å². The van der Waals surface area contributed by atoms with Gasteiger partial charge in [-0.25, -0.2) is 0 Å². The number of aromatic nitrogens is 4. The number of hydrogen-bond acceptors (Lipinski definition) is 6. The first-order valence-electron chi connectivity index (χ1n) is 9.73. The summed E-state index contributed by atoms with van der Waals surface area (Å²) in [7, 11) is 0. The predicted octanol–water partition coefficient (Wildman–Crippen LogP) is 3.69. The van der Waals surface area contributed by atoms with Gasteiger partial charge in [0.1, 0.15) is 0 Å². The molecule has 3 heterocycles. The average molecular weight is 420 g/mol. The molecule has 8 heteroatoms. The first-order chi connectivity index (χ1) is 14.7. The van der Waals surface area contributed by atoms with Crippen molar-refractivity contribution in [3.8, 4) is 11.4 Å². The van der Waals surface area contributed by atoms with Gasteiger partial charge in [0.15, 0.2) is 11.0 Å². The molecule has 0 atom stereocenters. The summed E-state index contributed by atoms with van der Waals surface area (Å²) in [4.78, 5) is 30.2. The molecule has 0 spiro atoms. The van der Waals surface area contributed by atoms with Crippen molar-refractivity contribution >= 4 is 23.6 Å². The van der Waals surface area contributed by atoms with E-state index in [2.05, 4.69) is 21.8 Å². The molecule has 3 aromatic rings. The van der Waals surface area contributed by atoms with Gasteiger partial charge in [-0.1, -0.05) is 30.0 Å². The summed E-state index contributed by atoms with van der Waals surface area (Å²) >= 11 is 1.61. The number of amides is 2. The number of carbonyl (C=O) groups excluding carboxylic acids is 2. The first kappa shape index (κ1) is 20.0. The van der Waals surface area contributed by atoms with Gasteiger partial charge < -0.3 is 0 Å². The quantitative estimate of drug-likeness (QED) is 0.228. The van der Waals surface area contributed by atoms with E-state index in [0.717, 1.165) is 35.1 Å². The van der Waals surface area contributed by atoms with Crippen LogP contribution in [0.4, 0.5) is 0 Å². The van der Waals surface area contributed by atoms with Crippen molar-refractivity contribution in [2.45, 2.75) is 24.5 Å². The number of rotatable bonds is 9. The van der Waals surface area contributed by atoms with Crippen LogP contribution < -0.4 is 0 Å². The van der Waals surface area contributed by atoms with Crippen LogP contribution in [0, 0.1) is 0 Å². The lowest BCUT2D eigenvalue weighted by molar-refractivity contribution is 0.0652. The predicted molar refractivity (Wildman–Crippen MR) is 115 cm³/mol. The highest BCUT2D eigenvalue weighted by Gasteiger charge is 2.34. The van der Waals surface area contributed by atoms with Gasteiger partial charge in [-0.05, 0) is 37.1 Å². The molecule has 0 unspecified atom stereocenters. The van der Waals surface area contributed by atoms with E-state index in [1.165, 1.54) is 4.90 Å².